The lowest BCUT2D eigenvalue weighted by atomic mass is 10.1. The van der Waals surface area contributed by atoms with Crippen molar-refractivity contribution < 1.29 is 8.42 Å². The third kappa shape index (κ3) is 3.41. The van der Waals surface area contributed by atoms with Crippen molar-refractivity contribution in [3.05, 3.63) is 0 Å². The Morgan fingerprint density at radius 2 is 1.81 bits per heavy atom. The summed E-state index contributed by atoms with van der Waals surface area (Å²) in [6, 6.07) is 0.719. The van der Waals surface area contributed by atoms with Gasteiger partial charge in [-0.1, -0.05) is 0 Å². The fraction of sp³-hybridized carbons (Fsp3) is 1.00. The zero-order valence-corrected chi connectivity index (χ0v) is 10.7. The van der Waals surface area contributed by atoms with Crippen LogP contribution in [0.15, 0.2) is 0 Å². The molecule has 0 bridgehead atoms. The Hall–Kier alpha value is -0.170. The van der Waals surface area contributed by atoms with Crippen LogP contribution in [0.25, 0.3) is 0 Å². The number of nitrogens with one attached hydrogen (secondary N) is 1. The molecule has 0 aromatic rings. The van der Waals surface area contributed by atoms with Gasteiger partial charge in [0.2, 0.25) is 0 Å². The van der Waals surface area contributed by atoms with E-state index >= 15 is 0 Å². The highest BCUT2D eigenvalue weighted by atomic mass is 32.2. The zero-order chi connectivity index (χ0) is 11.6. The first-order valence-corrected chi connectivity index (χ1v) is 7.95. The molecule has 2 heterocycles. The van der Waals surface area contributed by atoms with Gasteiger partial charge in [-0.3, -0.25) is 9.80 Å². The molecule has 2 aliphatic rings. The third-order valence-electron chi connectivity index (χ3n) is 3.46. The Morgan fingerprint density at radius 3 is 2.25 bits per heavy atom. The van der Waals surface area contributed by atoms with E-state index in [2.05, 4.69) is 15.1 Å². The van der Waals surface area contributed by atoms with Gasteiger partial charge in [0.25, 0.3) is 0 Å². The minimum atomic E-state index is -2.81. The van der Waals surface area contributed by atoms with Crippen molar-refractivity contribution in [3.63, 3.8) is 0 Å². The first kappa shape index (κ1) is 12.3. The summed E-state index contributed by atoms with van der Waals surface area (Å²) in [7, 11) is -2.81. The molecule has 2 saturated heterocycles. The number of piperazine rings is 1. The maximum atomic E-state index is 11.1. The SMILES string of the molecule is CS(=O)(=O)CCN1CCN(C2CNC2)CC1. The van der Waals surface area contributed by atoms with Gasteiger partial charge >= 0.3 is 0 Å². The number of rotatable bonds is 4. The summed E-state index contributed by atoms with van der Waals surface area (Å²) in [5.74, 6) is 0.290. The molecule has 0 aromatic carbocycles. The molecule has 0 aliphatic carbocycles. The second kappa shape index (κ2) is 5.00. The van der Waals surface area contributed by atoms with Crippen molar-refractivity contribution in [3.8, 4) is 0 Å². The van der Waals surface area contributed by atoms with Gasteiger partial charge < -0.3 is 5.32 Å². The van der Waals surface area contributed by atoms with Crippen LogP contribution < -0.4 is 5.32 Å². The molecule has 94 valence electrons. The summed E-state index contributed by atoms with van der Waals surface area (Å²) >= 11 is 0. The normalized spacial score (nSPS) is 25.6. The quantitative estimate of drug-likeness (QED) is 0.664. The molecule has 0 spiro atoms. The molecule has 0 atom stereocenters. The second-order valence-electron chi connectivity index (χ2n) is 4.82. The fourth-order valence-electron chi connectivity index (χ4n) is 2.18. The maximum Gasteiger partial charge on any atom is 0.148 e. The second-order valence-corrected chi connectivity index (χ2v) is 7.08. The minimum absolute atomic E-state index is 0.290. The van der Waals surface area contributed by atoms with E-state index in [1.54, 1.807) is 0 Å². The highest BCUT2D eigenvalue weighted by Gasteiger charge is 2.27. The Kier molecular flexibility index (Phi) is 3.84. The van der Waals surface area contributed by atoms with E-state index in [0.29, 0.717) is 6.54 Å². The average Bonchev–Trinajstić information content (AvgIpc) is 2.13. The first-order valence-electron chi connectivity index (χ1n) is 5.89. The standard InChI is InChI=1S/C10H21N3O2S/c1-16(14,15)7-6-12-2-4-13(5-3-12)10-8-11-9-10/h10-11H,2-9H2,1H3. The van der Waals surface area contributed by atoms with Gasteiger partial charge in [0.05, 0.1) is 5.75 Å². The summed E-state index contributed by atoms with van der Waals surface area (Å²) in [5.41, 5.74) is 0. The largest absolute Gasteiger partial charge is 0.314 e. The van der Waals surface area contributed by atoms with Gasteiger partial charge in [-0.25, -0.2) is 8.42 Å². The Bertz CT molecular complexity index is 319. The summed E-state index contributed by atoms with van der Waals surface area (Å²) in [6.07, 6.45) is 1.31. The van der Waals surface area contributed by atoms with E-state index in [1.165, 1.54) is 6.26 Å². The Balaban J connectivity index is 1.68. The van der Waals surface area contributed by atoms with Crippen molar-refractivity contribution in [2.75, 3.05) is 57.8 Å². The highest BCUT2D eigenvalue weighted by molar-refractivity contribution is 7.90. The number of sulfone groups is 1. The van der Waals surface area contributed by atoms with Gasteiger partial charge in [-0.2, -0.15) is 0 Å². The number of hydrogen-bond acceptors (Lipinski definition) is 5. The summed E-state index contributed by atoms with van der Waals surface area (Å²) < 4.78 is 22.1. The number of hydrogen-bond donors (Lipinski definition) is 1. The summed E-state index contributed by atoms with van der Waals surface area (Å²) in [4.78, 5) is 4.76. The lowest BCUT2D eigenvalue weighted by molar-refractivity contribution is 0.0757. The third-order valence-corrected chi connectivity index (χ3v) is 4.39. The highest BCUT2D eigenvalue weighted by Crippen LogP contribution is 2.09. The molecule has 2 aliphatic heterocycles. The van der Waals surface area contributed by atoms with Gasteiger partial charge in [0.15, 0.2) is 0 Å². The molecule has 0 aromatic heterocycles. The molecule has 16 heavy (non-hydrogen) atoms. The van der Waals surface area contributed by atoms with E-state index in [1.807, 2.05) is 0 Å². The van der Waals surface area contributed by atoms with Crippen LogP contribution >= 0.6 is 0 Å². The van der Waals surface area contributed by atoms with E-state index in [-0.39, 0.29) is 5.75 Å². The smallest absolute Gasteiger partial charge is 0.148 e. The van der Waals surface area contributed by atoms with Crippen LogP contribution in [0.1, 0.15) is 0 Å². The predicted molar refractivity (Wildman–Crippen MR) is 64.4 cm³/mol. The summed E-state index contributed by atoms with van der Waals surface area (Å²) in [6.45, 7) is 7.09. The van der Waals surface area contributed by atoms with E-state index in [4.69, 9.17) is 0 Å². The van der Waals surface area contributed by atoms with E-state index in [9.17, 15) is 8.42 Å². The van der Waals surface area contributed by atoms with Crippen molar-refractivity contribution in [1.82, 2.24) is 15.1 Å². The monoisotopic (exact) mass is 247 g/mol. The molecular weight excluding hydrogens is 226 g/mol. The van der Waals surface area contributed by atoms with Crippen molar-refractivity contribution >= 4 is 9.84 Å². The molecule has 0 radical (unpaired) electrons. The van der Waals surface area contributed by atoms with Crippen LogP contribution in [0.4, 0.5) is 0 Å². The van der Waals surface area contributed by atoms with Gasteiger partial charge in [-0.15, -0.1) is 0 Å². The number of nitrogens with zero attached hydrogens (tertiary/aromatic N) is 2. The predicted octanol–water partition coefficient (Wildman–Crippen LogP) is -1.38. The lowest BCUT2D eigenvalue weighted by Gasteiger charge is -2.43. The first-order chi connectivity index (χ1) is 7.54. The van der Waals surface area contributed by atoms with Crippen LogP contribution in [0.5, 0.6) is 0 Å². The van der Waals surface area contributed by atoms with Crippen LogP contribution in [0.3, 0.4) is 0 Å². The lowest BCUT2D eigenvalue weighted by Crippen LogP contribution is -2.61. The van der Waals surface area contributed by atoms with Crippen LogP contribution in [0.2, 0.25) is 0 Å². The van der Waals surface area contributed by atoms with Crippen LogP contribution in [-0.2, 0) is 9.84 Å². The molecule has 0 saturated carbocycles. The molecule has 5 nitrogen and oxygen atoms in total. The molecule has 6 heteroatoms. The van der Waals surface area contributed by atoms with Crippen molar-refractivity contribution in [2.24, 2.45) is 0 Å². The fourth-order valence-corrected chi connectivity index (χ4v) is 2.77. The van der Waals surface area contributed by atoms with Gasteiger partial charge in [-0.05, 0) is 0 Å². The topological polar surface area (TPSA) is 52.7 Å². The molecule has 0 unspecified atom stereocenters. The molecule has 2 fully saturated rings. The molecular formula is C10H21N3O2S. The Labute approximate surface area is 97.7 Å². The van der Waals surface area contributed by atoms with Crippen molar-refractivity contribution in [2.45, 2.75) is 6.04 Å². The zero-order valence-electron chi connectivity index (χ0n) is 9.85. The van der Waals surface area contributed by atoms with Gasteiger partial charge in [0, 0.05) is 58.1 Å². The maximum absolute atomic E-state index is 11.1. The average molecular weight is 247 g/mol. The van der Waals surface area contributed by atoms with Crippen LogP contribution in [-0.4, -0.2) is 82.1 Å². The van der Waals surface area contributed by atoms with Gasteiger partial charge in [0.1, 0.15) is 9.84 Å². The molecule has 1 N–H and O–H groups in total. The van der Waals surface area contributed by atoms with E-state index in [0.717, 1.165) is 45.3 Å². The summed E-state index contributed by atoms with van der Waals surface area (Å²) in [5, 5.41) is 3.28. The minimum Gasteiger partial charge on any atom is -0.314 e. The van der Waals surface area contributed by atoms with Crippen LogP contribution in [0, 0.1) is 0 Å². The Morgan fingerprint density at radius 1 is 1.19 bits per heavy atom. The van der Waals surface area contributed by atoms with Crippen molar-refractivity contribution in [1.29, 1.82) is 0 Å². The molecule has 2 rings (SSSR count). The van der Waals surface area contributed by atoms with E-state index < -0.39 is 9.84 Å². The molecule has 0 amide bonds.